The molecule has 0 atom stereocenters. The fourth-order valence-corrected chi connectivity index (χ4v) is 1.19. The lowest BCUT2D eigenvalue weighted by molar-refractivity contribution is -0.138. The summed E-state index contributed by atoms with van der Waals surface area (Å²) in [6.07, 6.45) is -0.175. The maximum atomic E-state index is 10.9. The predicted molar refractivity (Wildman–Crippen MR) is 53.0 cm³/mol. The van der Waals surface area contributed by atoms with Crippen LogP contribution in [0.5, 0.6) is 0 Å². The van der Waals surface area contributed by atoms with Gasteiger partial charge in [0.15, 0.2) is 5.12 Å². The molecule has 80 valence electrons. The molecule has 0 bridgehead atoms. The molecule has 0 aromatic carbocycles. The molecular weight excluding hydrogens is 206 g/mol. The van der Waals surface area contributed by atoms with E-state index in [1.165, 1.54) is 6.92 Å². The first kappa shape index (κ1) is 13.0. The van der Waals surface area contributed by atoms with Gasteiger partial charge in [-0.3, -0.25) is 14.4 Å². The summed E-state index contributed by atoms with van der Waals surface area (Å²) in [7, 11) is 0. The van der Waals surface area contributed by atoms with Crippen LogP contribution in [0.3, 0.4) is 0 Å². The van der Waals surface area contributed by atoms with E-state index in [0.29, 0.717) is 12.3 Å². The van der Waals surface area contributed by atoms with Crippen LogP contribution in [0.4, 0.5) is 0 Å². The number of carboxylic acids is 1. The Labute approximate surface area is 86.2 Å². The highest BCUT2D eigenvalue weighted by Crippen LogP contribution is 1.98. The molecule has 0 aromatic rings. The van der Waals surface area contributed by atoms with Gasteiger partial charge in [0.2, 0.25) is 5.91 Å². The minimum absolute atomic E-state index is 0.00443. The Kier molecular flexibility index (Phi) is 6.82. The summed E-state index contributed by atoms with van der Waals surface area (Å²) >= 11 is 1.13. The number of carboxylic acid groups (broad SMARTS) is 1. The predicted octanol–water partition coefficient (Wildman–Crippen LogP) is 0.247. The minimum Gasteiger partial charge on any atom is -0.481 e. The van der Waals surface area contributed by atoms with Crippen molar-refractivity contribution < 1.29 is 19.5 Å². The second kappa shape index (κ2) is 7.37. The molecule has 0 rings (SSSR count). The molecule has 0 spiro atoms. The second-order valence-corrected chi connectivity index (χ2v) is 3.86. The lowest BCUT2D eigenvalue weighted by atomic mass is 10.3. The third kappa shape index (κ3) is 9.05. The molecule has 0 aliphatic carbocycles. The number of aliphatic carboxylic acids is 1. The summed E-state index contributed by atoms with van der Waals surface area (Å²) in [6.45, 7) is 1.85. The van der Waals surface area contributed by atoms with E-state index in [1.54, 1.807) is 0 Å². The number of carbonyl (C=O) groups excluding carboxylic acids is 2. The van der Waals surface area contributed by atoms with E-state index in [9.17, 15) is 14.4 Å². The molecule has 14 heavy (non-hydrogen) atoms. The Morgan fingerprint density at radius 2 is 1.93 bits per heavy atom. The van der Waals surface area contributed by atoms with Crippen molar-refractivity contribution in [3.05, 3.63) is 0 Å². The molecule has 0 radical (unpaired) electrons. The van der Waals surface area contributed by atoms with Crippen molar-refractivity contribution in [2.75, 3.05) is 12.3 Å². The van der Waals surface area contributed by atoms with Crippen molar-refractivity contribution in [2.45, 2.75) is 19.8 Å². The number of thioether (sulfide) groups is 1. The number of hydrogen-bond donors (Lipinski definition) is 2. The average molecular weight is 219 g/mol. The molecule has 5 nitrogen and oxygen atoms in total. The first-order valence-corrected chi connectivity index (χ1v) is 5.13. The summed E-state index contributed by atoms with van der Waals surface area (Å²) in [6, 6.07) is 0. The molecule has 0 aromatic heterocycles. The van der Waals surface area contributed by atoms with Gasteiger partial charge in [0.05, 0.1) is 6.42 Å². The number of hydrogen-bond acceptors (Lipinski definition) is 4. The van der Waals surface area contributed by atoms with E-state index < -0.39 is 5.97 Å². The van der Waals surface area contributed by atoms with Crippen LogP contribution < -0.4 is 5.32 Å². The zero-order chi connectivity index (χ0) is 11.0. The number of amides is 1. The summed E-state index contributed by atoms with van der Waals surface area (Å²) < 4.78 is 0. The van der Waals surface area contributed by atoms with Crippen LogP contribution in [0.15, 0.2) is 0 Å². The fourth-order valence-electron chi connectivity index (χ4n) is 0.694. The van der Waals surface area contributed by atoms with Gasteiger partial charge in [-0.15, -0.1) is 0 Å². The lowest BCUT2D eigenvalue weighted by Crippen LogP contribution is -2.26. The van der Waals surface area contributed by atoms with Crippen molar-refractivity contribution >= 4 is 28.8 Å². The number of nitrogens with one attached hydrogen (secondary N) is 1. The summed E-state index contributed by atoms with van der Waals surface area (Å²) in [5.74, 6) is -0.761. The van der Waals surface area contributed by atoms with Crippen molar-refractivity contribution in [1.29, 1.82) is 0 Å². The molecular formula is C8H13NO4S. The van der Waals surface area contributed by atoms with Gasteiger partial charge in [0, 0.05) is 25.6 Å². The third-order valence-electron chi connectivity index (χ3n) is 1.30. The van der Waals surface area contributed by atoms with Gasteiger partial charge in [-0.25, -0.2) is 0 Å². The van der Waals surface area contributed by atoms with Crippen molar-refractivity contribution in [1.82, 2.24) is 5.32 Å². The van der Waals surface area contributed by atoms with Gasteiger partial charge < -0.3 is 10.4 Å². The van der Waals surface area contributed by atoms with Crippen molar-refractivity contribution in [3.63, 3.8) is 0 Å². The molecule has 6 heteroatoms. The van der Waals surface area contributed by atoms with E-state index in [0.717, 1.165) is 11.8 Å². The van der Waals surface area contributed by atoms with E-state index >= 15 is 0 Å². The Balaban J connectivity index is 3.36. The SMILES string of the molecule is CC(=O)SCCNC(=O)CCC(=O)O. The average Bonchev–Trinajstić information content (AvgIpc) is 2.08. The monoisotopic (exact) mass is 219 g/mol. The van der Waals surface area contributed by atoms with Crippen LogP contribution in [0.2, 0.25) is 0 Å². The zero-order valence-corrected chi connectivity index (χ0v) is 8.73. The van der Waals surface area contributed by atoms with E-state index in [-0.39, 0.29) is 23.9 Å². The first-order chi connectivity index (χ1) is 6.52. The summed E-state index contributed by atoms with van der Waals surface area (Å²) in [5.41, 5.74) is 0. The Bertz CT molecular complexity index is 229. The topological polar surface area (TPSA) is 83.5 Å². The molecule has 0 saturated heterocycles. The second-order valence-electron chi connectivity index (χ2n) is 2.58. The van der Waals surface area contributed by atoms with Crippen LogP contribution in [-0.4, -0.2) is 34.4 Å². The normalized spacial score (nSPS) is 9.50. The molecule has 0 saturated carbocycles. The Hall–Kier alpha value is -1.04. The highest BCUT2D eigenvalue weighted by molar-refractivity contribution is 8.13. The van der Waals surface area contributed by atoms with Gasteiger partial charge in [-0.1, -0.05) is 11.8 Å². The van der Waals surface area contributed by atoms with Gasteiger partial charge in [-0.05, 0) is 0 Å². The molecule has 0 aliphatic rings. The molecule has 0 aliphatic heterocycles. The Morgan fingerprint density at radius 3 is 2.43 bits per heavy atom. The largest absolute Gasteiger partial charge is 0.481 e. The molecule has 0 unspecified atom stereocenters. The molecule has 0 fully saturated rings. The van der Waals surface area contributed by atoms with E-state index in [1.807, 2.05) is 0 Å². The van der Waals surface area contributed by atoms with Gasteiger partial charge in [-0.2, -0.15) is 0 Å². The van der Waals surface area contributed by atoms with Crippen molar-refractivity contribution in [2.24, 2.45) is 0 Å². The highest BCUT2D eigenvalue weighted by atomic mass is 32.2. The highest BCUT2D eigenvalue weighted by Gasteiger charge is 2.04. The number of carbonyl (C=O) groups is 3. The van der Waals surface area contributed by atoms with E-state index in [2.05, 4.69) is 5.32 Å². The van der Waals surface area contributed by atoms with Gasteiger partial charge in [0.1, 0.15) is 0 Å². The summed E-state index contributed by atoms with van der Waals surface area (Å²) in [5, 5.41) is 10.8. The zero-order valence-electron chi connectivity index (χ0n) is 7.91. The maximum Gasteiger partial charge on any atom is 0.303 e. The Morgan fingerprint density at radius 1 is 1.29 bits per heavy atom. The van der Waals surface area contributed by atoms with Crippen LogP contribution in [0, 0.1) is 0 Å². The van der Waals surface area contributed by atoms with Crippen LogP contribution in [0.25, 0.3) is 0 Å². The standard InChI is InChI=1S/C8H13NO4S/c1-6(10)14-5-4-9-7(11)2-3-8(12)13/h2-5H2,1H3,(H,9,11)(H,12,13). The molecule has 1 amide bonds. The number of rotatable bonds is 6. The minimum atomic E-state index is -0.988. The van der Waals surface area contributed by atoms with Crippen LogP contribution in [0.1, 0.15) is 19.8 Å². The smallest absolute Gasteiger partial charge is 0.303 e. The molecule has 0 heterocycles. The van der Waals surface area contributed by atoms with E-state index in [4.69, 9.17) is 5.11 Å². The fraction of sp³-hybridized carbons (Fsp3) is 0.625. The quantitative estimate of drug-likeness (QED) is 0.625. The van der Waals surface area contributed by atoms with Crippen LogP contribution in [-0.2, 0) is 14.4 Å². The van der Waals surface area contributed by atoms with Crippen molar-refractivity contribution in [3.8, 4) is 0 Å². The lowest BCUT2D eigenvalue weighted by Gasteiger charge is -2.02. The third-order valence-corrected chi connectivity index (χ3v) is 2.11. The molecule has 2 N–H and O–H groups in total. The summed E-state index contributed by atoms with van der Waals surface area (Å²) in [4.78, 5) is 31.5. The first-order valence-electron chi connectivity index (χ1n) is 4.14. The van der Waals surface area contributed by atoms with Gasteiger partial charge in [0.25, 0.3) is 0 Å². The van der Waals surface area contributed by atoms with Gasteiger partial charge >= 0.3 is 5.97 Å². The maximum absolute atomic E-state index is 10.9. The van der Waals surface area contributed by atoms with Crippen LogP contribution >= 0.6 is 11.8 Å².